The highest BCUT2D eigenvalue weighted by molar-refractivity contribution is 5.59. The second kappa shape index (κ2) is 5.00. The van der Waals surface area contributed by atoms with E-state index in [1.165, 1.54) is 13.2 Å². The average molecular weight is 247 g/mol. The van der Waals surface area contributed by atoms with Gasteiger partial charge in [-0.1, -0.05) is 6.92 Å². The minimum atomic E-state index is -0.416. The van der Waals surface area contributed by atoms with E-state index >= 15 is 0 Å². The summed E-state index contributed by atoms with van der Waals surface area (Å²) in [5, 5.41) is 0. The van der Waals surface area contributed by atoms with Crippen LogP contribution in [0.3, 0.4) is 0 Å². The summed E-state index contributed by atoms with van der Waals surface area (Å²) in [6.07, 6.45) is 0.762. The van der Waals surface area contributed by atoms with Crippen LogP contribution in [0.1, 0.15) is 12.6 Å². The van der Waals surface area contributed by atoms with Crippen LogP contribution in [0, 0.1) is 5.82 Å². The number of rotatable bonds is 3. The van der Waals surface area contributed by atoms with Crippen LogP contribution in [0.25, 0.3) is 11.4 Å². The zero-order valence-electron chi connectivity index (χ0n) is 10.3. The van der Waals surface area contributed by atoms with Crippen molar-refractivity contribution in [2.24, 2.45) is 0 Å². The third-order valence-electron chi connectivity index (χ3n) is 2.57. The standard InChI is InChI=1S/C13H14FN3O/c1-3-9-7-12(15)17-13(16-9)8-4-5-10(14)11(6-8)18-2/h4-7H,3H2,1-2H3,(H2,15,16,17). The van der Waals surface area contributed by atoms with Crippen LogP contribution >= 0.6 is 0 Å². The van der Waals surface area contributed by atoms with Gasteiger partial charge < -0.3 is 10.5 Å². The maximum atomic E-state index is 13.3. The van der Waals surface area contributed by atoms with Crippen LogP contribution in [0.2, 0.25) is 0 Å². The number of aryl methyl sites for hydroxylation is 1. The lowest BCUT2D eigenvalue weighted by Gasteiger charge is -2.07. The molecule has 94 valence electrons. The fourth-order valence-corrected chi connectivity index (χ4v) is 1.63. The molecule has 18 heavy (non-hydrogen) atoms. The highest BCUT2D eigenvalue weighted by atomic mass is 19.1. The van der Waals surface area contributed by atoms with Gasteiger partial charge in [-0.15, -0.1) is 0 Å². The van der Waals surface area contributed by atoms with Crippen LogP contribution in [0.4, 0.5) is 10.2 Å². The highest BCUT2D eigenvalue weighted by Gasteiger charge is 2.09. The predicted octanol–water partition coefficient (Wildman–Crippen LogP) is 2.44. The van der Waals surface area contributed by atoms with E-state index in [2.05, 4.69) is 9.97 Å². The maximum absolute atomic E-state index is 13.3. The summed E-state index contributed by atoms with van der Waals surface area (Å²) in [5.74, 6) is 0.628. The van der Waals surface area contributed by atoms with E-state index in [1.54, 1.807) is 18.2 Å². The zero-order valence-corrected chi connectivity index (χ0v) is 10.3. The Labute approximate surface area is 105 Å². The van der Waals surface area contributed by atoms with E-state index in [0.717, 1.165) is 12.1 Å². The van der Waals surface area contributed by atoms with Crippen LogP contribution in [0.5, 0.6) is 5.75 Å². The molecule has 2 N–H and O–H groups in total. The third-order valence-corrected chi connectivity index (χ3v) is 2.57. The molecule has 0 aliphatic heterocycles. The Hall–Kier alpha value is -2.17. The molecule has 1 aromatic carbocycles. The van der Waals surface area contributed by atoms with Gasteiger partial charge in [-0.2, -0.15) is 0 Å². The van der Waals surface area contributed by atoms with E-state index < -0.39 is 5.82 Å². The number of nitrogen functional groups attached to an aromatic ring is 1. The fourth-order valence-electron chi connectivity index (χ4n) is 1.63. The summed E-state index contributed by atoms with van der Waals surface area (Å²) in [6, 6.07) is 6.21. The van der Waals surface area contributed by atoms with E-state index in [-0.39, 0.29) is 5.75 Å². The minimum Gasteiger partial charge on any atom is -0.494 e. The number of anilines is 1. The molecule has 0 unspecified atom stereocenters. The van der Waals surface area contributed by atoms with Crippen molar-refractivity contribution >= 4 is 5.82 Å². The van der Waals surface area contributed by atoms with Crippen molar-refractivity contribution in [2.75, 3.05) is 12.8 Å². The third kappa shape index (κ3) is 2.40. The summed E-state index contributed by atoms with van der Waals surface area (Å²) in [4.78, 5) is 8.50. The summed E-state index contributed by atoms with van der Waals surface area (Å²) < 4.78 is 18.3. The normalized spacial score (nSPS) is 10.4. The molecule has 2 rings (SSSR count). The molecule has 1 aromatic heterocycles. The highest BCUT2D eigenvalue weighted by Crippen LogP contribution is 2.24. The molecule has 0 fully saturated rings. The van der Waals surface area contributed by atoms with E-state index in [9.17, 15) is 4.39 Å². The Balaban J connectivity index is 2.51. The molecule has 0 saturated carbocycles. The van der Waals surface area contributed by atoms with Gasteiger partial charge in [0.2, 0.25) is 0 Å². The van der Waals surface area contributed by atoms with Gasteiger partial charge in [0.15, 0.2) is 17.4 Å². The van der Waals surface area contributed by atoms with Gasteiger partial charge in [0.25, 0.3) is 0 Å². The number of hydrogen-bond donors (Lipinski definition) is 1. The molecule has 0 spiro atoms. The maximum Gasteiger partial charge on any atom is 0.165 e. The molecule has 4 nitrogen and oxygen atoms in total. The fraction of sp³-hybridized carbons (Fsp3) is 0.231. The van der Waals surface area contributed by atoms with Crippen molar-refractivity contribution in [3.05, 3.63) is 35.8 Å². The Morgan fingerprint density at radius 3 is 2.72 bits per heavy atom. The molecule has 0 bridgehead atoms. The lowest BCUT2D eigenvalue weighted by atomic mass is 10.2. The van der Waals surface area contributed by atoms with Crippen molar-refractivity contribution in [2.45, 2.75) is 13.3 Å². The second-order valence-electron chi connectivity index (χ2n) is 3.81. The zero-order chi connectivity index (χ0) is 13.1. The molecule has 0 atom stereocenters. The SMILES string of the molecule is CCc1cc(N)nc(-c2ccc(F)c(OC)c2)n1. The summed E-state index contributed by atoms with van der Waals surface area (Å²) in [5.41, 5.74) is 7.24. The first kappa shape index (κ1) is 12.3. The Kier molecular flexibility index (Phi) is 3.41. The Bertz CT molecular complexity index is 572. The summed E-state index contributed by atoms with van der Waals surface area (Å²) in [6.45, 7) is 1.98. The number of halogens is 1. The van der Waals surface area contributed by atoms with Crippen LogP contribution in [0.15, 0.2) is 24.3 Å². The number of methoxy groups -OCH3 is 1. The summed E-state index contributed by atoms with van der Waals surface area (Å²) >= 11 is 0. The molecule has 0 aliphatic carbocycles. The van der Waals surface area contributed by atoms with Crippen molar-refractivity contribution in [3.8, 4) is 17.1 Å². The molecule has 0 saturated heterocycles. The van der Waals surface area contributed by atoms with Gasteiger partial charge in [-0.3, -0.25) is 0 Å². The first-order chi connectivity index (χ1) is 8.63. The second-order valence-corrected chi connectivity index (χ2v) is 3.81. The molecule has 5 heteroatoms. The molecular weight excluding hydrogens is 233 g/mol. The van der Waals surface area contributed by atoms with E-state index in [1.807, 2.05) is 6.92 Å². The van der Waals surface area contributed by atoms with Crippen LogP contribution in [-0.2, 0) is 6.42 Å². The average Bonchev–Trinajstić information content (AvgIpc) is 2.38. The lowest BCUT2D eigenvalue weighted by Crippen LogP contribution is -2.00. The Morgan fingerprint density at radius 2 is 2.06 bits per heavy atom. The molecular formula is C13H14FN3O. The van der Waals surface area contributed by atoms with Crippen LogP contribution < -0.4 is 10.5 Å². The smallest absolute Gasteiger partial charge is 0.165 e. The number of nitrogens with zero attached hydrogens (tertiary/aromatic N) is 2. The van der Waals surface area contributed by atoms with Crippen LogP contribution in [-0.4, -0.2) is 17.1 Å². The first-order valence-corrected chi connectivity index (χ1v) is 5.61. The lowest BCUT2D eigenvalue weighted by molar-refractivity contribution is 0.387. The van der Waals surface area contributed by atoms with Gasteiger partial charge in [0, 0.05) is 17.3 Å². The van der Waals surface area contributed by atoms with E-state index in [4.69, 9.17) is 10.5 Å². The van der Waals surface area contributed by atoms with Gasteiger partial charge in [-0.05, 0) is 24.6 Å². The molecule has 0 amide bonds. The quantitative estimate of drug-likeness (QED) is 0.904. The number of benzene rings is 1. The van der Waals surface area contributed by atoms with Crippen molar-refractivity contribution in [1.82, 2.24) is 9.97 Å². The molecule has 0 aliphatic rings. The number of hydrogen-bond acceptors (Lipinski definition) is 4. The van der Waals surface area contributed by atoms with E-state index in [0.29, 0.717) is 17.2 Å². The van der Waals surface area contributed by atoms with Gasteiger partial charge >= 0.3 is 0 Å². The molecule has 0 radical (unpaired) electrons. The van der Waals surface area contributed by atoms with Gasteiger partial charge in [0.05, 0.1) is 7.11 Å². The largest absolute Gasteiger partial charge is 0.494 e. The molecule has 2 aromatic rings. The monoisotopic (exact) mass is 247 g/mol. The summed E-state index contributed by atoms with van der Waals surface area (Å²) in [7, 11) is 1.42. The molecule has 1 heterocycles. The first-order valence-electron chi connectivity index (χ1n) is 5.61. The Morgan fingerprint density at radius 1 is 1.28 bits per heavy atom. The number of aromatic nitrogens is 2. The minimum absolute atomic E-state index is 0.163. The predicted molar refractivity (Wildman–Crippen MR) is 67.8 cm³/mol. The number of ether oxygens (including phenoxy) is 1. The van der Waals surface area contributed by atoms with Crippen molar-refractivity contribution in [3.63, 3.8) is 0 Å². The van der Waals surface area contributed by atoms with Gasteiger partial charge in [-0.25, -0.2) is 14.4 Å². The van der Waals surface area contributed by atoms with Crippen molar-refractivity contribution < 1.29 is 9.13 Å². The van der Waals surface area contributed by atoms with Gasteiger partial charge in [0.1, 0.15) is 5.82 Å². The number of nitrogens with two attached hydrogens (primary N) is 1. The van der Waals surface area contributed by atoms with Crippen molar-refractivity contribution in [1.29, 1.82) is 0 Å². The topological polar surface area (TPSA) is 61.0 Å².